The van der Waals surface area contributed by atoms with E-state index in [1.807, 2.05) is 156 Å². The van der Waals surface area contributed by atoms with Crippen molar-refractivity contribution >= 4 is 11.3 Å². The molecule has 0 aromatic carbocycles. The zero-order valence-corrected chi connectivity index (χ0v) is 46.7. The van der Waals surface area contributed by atoms with Crippen molar-refractivity contribution in [3.63, 3.8) is 0 Å². The normalized spacial score (nSPS) is 9.57. The van der Waals surface area contributed by atoms with Crippen LogP contribution < -0.4 is 36.5 Å². The van der Waals surface area contributed by atoms with E-state index in [1.165, 1.54) is 44.9 Å². The zero-order chi connectivity index (χ0) is 52.7. The molecule has 0 atom stereocenters. The molecule has 8 aromatic rings. The van der Waals surface area contributed by atoms with E-state index in [0.29, 0.717) is 11.4 Å². The van der Waals surface area contributed by atoms with Gasteiger partial charge in [0.05, 0.1) is 61.8 Å². The summed E-state index contributed by atoms with van der Waals surface area (Å²) in [6.45, 7) is 20.7. The van der Waals surface area contributed by atoms with Gasteiger partial charge < -0.3 is 0 Å². The van der Waals surface area contributed by atoms with Gasteiger partial charge in [-0.25, -0.2) is 45.7 Å². The Labute approximate surface area is 417 Å². The Morgan fingerprint density at radius 3 is 1.39 bits per heavy atom. The van der Waals surface area contributed by atoms with Crippen molar-refractivity contribution in [2.75, 3.05) is 0 Å². The highest BCUT2D eigenvalue weighted by atomic mass is 32.1. The zero-order valence-electron chi connectivity index (χ0n) is 45.9. The number of rotatable bonds is 0. The average Bonchev–Trinajstić information content (AvgIpc) is 4.05. The molecule has 0 unspecified atom stereocenters. The molecular formula is C53H83N15S+8. The van der Waals surface area contributed by atoms with Gasteiger partial charge in [0.25, 0.3) is 35.2 Å². The molecule has 8 heterocycles. The Hall–Kier alpha value is -7.17. The Balaban J connectivity index is 0.000000396. The smallest absolute Gasteiger partial charge is 0.238 e. The van der Waals surface area contributed by atoms with E-state index < -0.39 is 0 Å². The second-order valence-corrected chi connectivity index (χ2v) is 18.1. The Morgan fingerprint density at radius 1 is 0.536 bits per heavy atom. The molecule has 0 amide bonds. The van der Waals surface area contributed by atoms with Crippen LogP contribution in [0.15, 0.2) is 104 Å². The Bertz CT molecular complexity index is 2610. The highest BCUT2D eigenvalue weighted by molar-refractivity contribution is 7.09. The first-order chi connectivity index (χ1) is 32.3. The molecule has 16 heteroatoms. The molecule has 0 spiro atoms. The highest BCUT2D eigenvalue weighted by Gasteiger charge is 2.22. The maximum absolute atomic E-state index is 8.73. The van der Waals surface area contributed by atoms with Crippen LogP contribution >= 0.6 is 11.3 Å². The van der Waals surface area contributed by atoms with Crippen molar-refractivity contribution < 1.29 is 36.5 Å². The first-order valence-electron chi connectivity index (χ1n) is 22.6. The maximum Gasteiger partial charge on any atom is 0.265 e. The van der Waals surface area contributed by atoms with Crippen LogP contribution in [0.5, 0.6) is 0 Å². The summed E-state index contributed by atoms with van der Waals surface area (Å²) >= 11 is 1.77. The van der Waals surface area contributed by atoms with Crippen LogP contribution in [-0.4, -0.2) is 23.5 Å². The molecule has 8 aromatic heterocycles. The molecule has 15 nitrogen and oxygen atoms in total. The van der Waals surface area contributed by atoms with Crippen molar-refractivity contribution in [2.45, 2.75) is 69.2 Å². The SMILES string of the molecule is Cc1c(C)[n+](C)c(C)n1C.Cc1cc[n+](C)cc1.Cc1ccc[n+](C)c1.Cc1cccc[n+]1C.Cc1n(C)c(C#N)c(C#N)[n+]1C.Cc1n(C)cc[n+]1C.Cc1n(C)nc[n+]1C.Cc1scc[n+]1C. The molecule has 0 saturated carbocycles. The molecule has 0 aliphatic heterocycles. The number of nitrogens with zero attached hydrogens (tertiary/aromatic N) is 15. The second-order valence-electron chi connectivity index (χ2n) is 17.0. The van der Waals surface area contributed by atoms with Gasteiger partial charge in [-0.3, -0.25) is 0 Å². The van der Waals surface area contributed by atoms with E-state index in [0.717, 1.165) is 11.6 Å². The van der Waals surface area contributed by atoms with E-state index in [2.05, 4.69) is 144 Å². The van der Waals surface area contributed by atoms with Crippen LogP contribution in [0.4, 0.5) is 0 Å². The van der Waals surface area contributed by atoms with Crippen molar-refractivity contribution in [3.05, 3.63) is 172 Å². The maximum atomic E-state index is 8.73. The van der Waals surface area contributed by atoms with Gasteiger partial charge in [-0.1, -0.05) is 17.4 Å². The lowest BCUT2D eigenvalue weighted by molar-refractivity contribution is -0.683. The highest BCUT2D eigenvalue weighted by Crippen LogP contribution is 2.04. The molecule has 368 valence electrons. The Kier molecular flexibility index (Phi) is 25.6. The average molecular weight is 962 g/mol. The van der Waals surface area contributed by atoms with E-state index in [-0.39, 0.29) is 0 Å². The van der Waals surface area contributed by atoms with E-state index in [1.54, 1.807) is 40.9 Å². The summed E-state index contributed by atoms with van der Waals surface area (Å²) in [5, 5.41) is 24.9. The summed E-state index contributed by atoms with van der Waals surface area (Å²) in [5.41, 5.74) is 7.42. The summed E-state index contributed by atoms with van der Waals surface area (Å²) in [6, 6.07) is 18.4. The molecule has 0 bridgehead atoms. The minimum absolute atomic E-state index is 0.414. The monoisotopic (exact) mass is 962 g/mol. The molecule has 0 aliphatic rings. The third-order valence-corrected chi connectivity index (χ3v) is 12.9. The van der Waals surface area contributed by atoms with Crippen molar-refractivity contribution in [2.24, 2.45) is 84.6 Å². The van der Waals surface area contributed by atoms with Crippen LogP contribution in [0.2, 0.25) is 0 Å². The van der Waals surface area contributed by atoms with Crippen molar-refractivity contribution in [1.82, 2.24) is 23.5 Å². The van der Waals surface area contributed by atoms with Crippen LogP contribution in [0.1, 0.15) is 67.9 Å². The minimum atomic E-state index is 0.414. The molecule has 0 saturated heterocycles. The third-order valence-electron chi connectivity index (χ3n) is 12.1. The largest absolute Gasteiger partial charge is 0.265 e. The lowest BCUT2D eigenvalue weighted by atomic mass is 10.3. The van der Waals surface area contributed by atoms with Crippen LogP contribution in [-0.2, 0) is 84.6 Å². The summed E-state index contributed by atoms with van der Waals surface area (Å²) in [4.78, 5) is 0. The topological polar surface area (TPSA) is 111 Å². The standard InChI is InChI=1S/C8H9N4.C8H15N2.3C7H10N.C6H11N2.C5H10N3.C5H8NS/c1-6-11(2)7(4-9)8(5-10)12(6)3;1-6-7(2)10(5)8(3)9(6)4;1-7-3-5-8(2)6-4-7;1-7-4-3-5-8(2)6-7;1-7-5-3-4-6-8(7)2;1-6-7(2)4-5-8(6)3;1-5-7(2)4-6-8(5)3;1-5-6(2)3-4-7-5/h1-3H3;1-5H3;3*3-6H,1-2H3;4-5H,1-3H3;4H,1-3H3;3-4H,1-2H3/q8*+1. The van der Waals surface area contributed by atoms with Crippen molar-refractivity contribution in [3.8, 4) is 12.1 Å². The number of aromatic nitrogens is 13. The number of aryl methyl sites for hydroxylation is 12. The van der Waals surface area contributed by atoms with Gasteiger partial charge in [-0.2, -0.15) is 15.1 Å². The number of pyridine rings is 3. The summed E-state index contributed by atoms with van der Waals surface area (Å²) in [5.74, 6) is 4.62. The lowest BCUT2D eigenvalue weighted by Crippen LogP contribution is -2.33. The molecule has 0 radical (unpaired) electrons. The van der Waals surface area contributed by atoms with Gasteiger partial charge in [0.1, 0.15) is 64.1 Å². The van der Waals surface area contributed by atoms with E-state index >= 15 is 0 Å². The van der Waals surface area contributed by atoms with Gasteiger partial charge >= 0.3 is 0 Å². The first-order valence-corrected chi connectivity index (χ1v) is 23.5. The minimum Gasteiger partial charge on any atom is -0.238 e. The summed E-state index contributed by atoms with van der Waals surface area (Å²) in [6.07, 6.45) is 18.1. The third kappa shape index (κ3) is 19.5. The summed E-state index contributed by atoms with van der Waals surface area (Å²) in [7, 11) is 23.8. The number of hydrogen-bond donors (Lipinski definition) is 0. The molecular weight excluding hydrogens is 879 g/mol. The van der Waals surface area contributed by atoms with Crippen LogP contribution in [0, 0.1) is 91.9 Å². The fourth-order valence-corrected chi connectivity index (χ4v) is 6.53. The lowest BCUT2D eigenvalue weighted by Gasteiger charge is -1.87. The number of nitriles is 2. The molecule has 69 heavy (non-hydrogen) atoms. The van der Waals surface area contributed by atoms with Crippen LogP contribution in [0.25, 0.3) is 0 Å². The van der Waals surface area contributed by atoms with E-state index in [4.69, 9.17) is 10.5 Å². The van der Waals surface area contributed by atoms with Gasteiger partial charge in [-0.05, 0) is 25.5 Å². The second kappa shape index (κ2) is 29.6. The summed E-state index contributed by atoms with van der Waals surface area (Å²) < 4.78 is 24.0. The van der Waals surface area contributed by atoms with Gasteiger partial charge in [0.15, 0.2) is 42.9 Å². The predicted molar refractivity (Wildman–Crippen MR) is 269 cm³/mol. The number of imidazole rings is 3. The molecule has 0 aliphatic carbocycles. The predicted octanol–water partition coefficient (Wildman–Crippen LogP) is 3.73. The Morgan fingerprint density at radius 2 is 1.14 bits per heavy atom. The first kappa shape index (κ1) is 59.8. The number of thiazole rings is 1. The molecule has 0 N–H and O–H groups in total. The van der Waals surface area contributed by atoms with E-state index in [9.17, 15) is 0 Å². The van der Waals surface area contributed by atoms with Gasteiger partial charge in [-0.15, -0.1) is 4.68 Å². The molecule has 0 fully saturated rings. The van der Waals surface area contributed by atoms with Crippen molar-refractivity contribution in [1.29, 1.82) is 10.5 Å². The fraction of sp³-hybridized carbons (Fsp3) is 0.415. The quantitative estimate of drug-likeness (QED) is 0.216. The fourth-order valence-electron chi connectivity index (χ4n) is 5.86. The number of hydrogen-bond acceptors (Lipinski definition) is 4. The van der Waals surface area contributed by atoms with Gasteiger partial charge in [0, 0.05) is 96.4 Å². The van der Waals surface area contributed by atoms with Gasteiger partial charge in [0.2, 0.25) is 10.8 Å². The molecule has 8 rings (SSSR count). The van der Waals surface area contributed by atoms with Crippen LogP contribution in [0.3, 0.4) is 0 Å².